The van der Waals surface area contributed by atoms with Gasteiger partial charge in [-0.15, -0.1) is 0 Å². The van der Waals surface area contributed by atoms with Crippen LogP contribution in [0.3, 0.4) is 0 Å². The summed E-state index contributed by atoms with van der Waals surface area (Å²) >= 11 is 6.63. The minimum Gasteiger partial charge on any atom is -0.304 e. The third kappa shape index (κ3) is 5.65. The summed E-state index contributed by atoms with van der Waals surface area (Å²) in [5, 5.41) is 0. The highest BCUT2D eigenvalue weighted by Crippen LogP contribution is 2.22. The lowest BCUT2D eigenvalue weighted by Gasteiger charge is -2.19. The second-order valence-electron chi connectivity index (χ2n) is 4.62. The minimum absolute atomic E-state index is 0.101. The maximum atomic E-state index is 12.1. The number of aromatic nitrogens is 1. The highest BCUT2D eigenvalue weighted by Gasteiger charge is 2.20. The molecule has 1 atom stereocenters. The molecule has 0 aliphatic heterocycles. The van der Waals surface area contributed by atoms with Crippen molar-refractivity contribution in [2.75, 3.05) is 19.6 Å². The fraction of sp³-hybridized carbons (Fsp3) is 0.750. The van der Waals surface area contributed by atoms with E-state index in [-0.39, 0.29) is 14.7 Å². The molecule has 0 bridgehead atoms. The molecule has 0 saturated heterocycles. The van der Waals surface area contributed by atoms with E-state index in [1.165, 1.54) is 6.20 Å². The van der Waals surface area contributed by atoms with Crippen LogP contribution >= 0.6 is 22.9 Å². The summed E-state index contributed by atoms with van der Waals surface area (Å²) < 4.78 is 27.2. The van der Waals surface area contributed by atoms with Gasteiger partial charge in [0.05, 0.1) is 6.20 Å². The van der Waals surface area contributed by atoms with Gasteiger partial charge in [-0.05, 0) is 39.4 Å². The molecule has 1 rings (SSSR count). The maximum absolute atomic E-state index is 12.1. The number of rotatable bonds is 9. The first-order valence-electron chi connectivity index (χ1n) is 6.75. The molecule has 20 heavy (non-hydrogen) atoms. The van der Waals surface area contributed by atoms with E-state index in [0.717, 1.165) is 43.8 Å². The molecule has 0 aromatic carbocycles. The Bertz CT molecular complexity index is 501. The predicted octanol–water partition coefficient (Wildman–Crippen LogP) is 2.59. The first kappa shape index (κ1) is 17.8. The van der Waals surface area contributed by atoms with Crippen molar-refractivity contribution < 1.29 is 8.42 Å². The molecular weight excluding hydrogens is 318 g/mol. The number of thiazole rings is 1. The molecule has 1 N–H and O–H groups in total. The van der Waals surface area contributed by atoms with Crippen molar-refractivity contribution in [1.82, 2.24) is 14.6 Å². The largest absolute Gasteiger partial charge is 0.304 e. The minimum atomic E-state index is -3.49. The molecule has 1 aromatic rings. The predicted molar refractivity (Wildman–Crippen MR) is 83.9 cm³/mol. The Labute approximate surface area is 130 Å². The molecule has 1 aromatic heterocycles. The summed E-state index contributed by atoms with van der Waals surface area (Å²) in [5.74, 6) is 0. The average Bonchev–Trinajstić information content (AvgIpc) is 2.81. The third-order valence-electron chi connectivity index (χ3n) is 3.08. The van der Waals surface area contributed by atoms with Crippen molar-refractivity contribution in [2.45, 2.75) is 43.9 Å². The van der Waals surface area contributed by atoms with Gasteiger partial charge in [0.2, 0.25) is 0 Å². The van der Waals surface area contributed by atoms with Crippen LogP contribution in [-0.2, 0) is 10.0 Å². The van der Waals surface area contributed by atoms with Crippen LogP contribution in [0, 0.1) is 0 Å². The molecule has 0 amide bonds. The Kier molecular flexibility index (Phi) is 7.39. The number of halogens is 1. The quantitative estimate of drug-likeness (QED) is 0.751. The molecule has 116 valence electrons. The molecule has 8 heteroatoms. The lowest BCUT2D eigenvalue weighted by molar-refractivity contribution is 0.293. The van der Waals surface area contributed by atoms with Crippen LogP contribution in [0.4, 0.5) is 0 Å². The summed E-state index contributed by atoms with van der Waals surface area (Å²) in [4.78, 5) is 6.08. The topological polar surface area (TPSA) is 62.3 Å². The molecule has 0 aliphatic carbocycles. The lowest BCUT2D eigenvalue weighted by Crippen LogP contribution is -2.33. The van der Waals surface area contributed by atoms with Gasteiger partial charge in [0, 0.05) is 6.04 Å². The molecule has 5 nitrogen and oxygen atoms in total. The second kappa shape index (κ2) is 8.29. The smallest absolute Gasteiger partial charge is 0.251 e. The first-order valence-corrected chi connectivity index (χ1v) is 9.42. The van der Waals surface area contributed by atoms with E-state index >= 15 is 0 Å². The zero-order chi connectivity index (χ0) is 15.2. The van der Waals surface area contributed by atoms with Crippen molar-refractivity contribution in [2.24, 2.45) is 0 Å². The van der Waals surface area contributed by atoms with Gasteiger partial charge in [0.25, 0.3) is 10.0 Å². The molecular formula is C12H22ClN3O2S2. The summed E-state index contributed by atoms with van der Waals surface area (Å²) in [7, 11) is -3.49. The highest BCUT2D eigenvalue weighted by molar-refractivity contribution is 7.91. The van der Waals surface area contributed by atoms with Gasteiger partial charge >= 0.3 is 0 Å². The SMILES string of the molecule is CCN(CC)CCCC(C)NS(=O)(=O)c1cnc(Cl)s1. The third-order valence-corrected chi connectivity index (χ3v) is 6.25. The van der Waals surface area contributed by atoms with E-state index in [9.17, 15) is 8.42 Å². The van der Waals surface area contributed by atoms with Crippen LogP contribution < -0.4 is 4.72 Å². The van der Waals surface area contributed by atoms with E-state index in [0.29, 0.717) is 0 Å². The molecule has 0 radical (unpaired) electrons. The Morgan fingerprint density at radius 3 is 2.60 bits per heavy atom. The number of nitrogens with one attached hydrogen (secondary N) is 1. The van der Waals surface area contributed by atoms with Gasteiger partial charge in [-0.2, -0.15) is 0 Å². The van der Waals surface area contributed by atoms with E-state index < -0.39 is 10.0 Å². The Morgan fingerprint density at radius 1 is 1.45 bits per heavy atom. The highest BCUT2D eigenvalue weighted by atomic mass is 35.5. The fourth-order valence-corrected chi connectivity index (χ4v) is 4.49. The van der Waals surface area contributed by atoms with Gasteiger partial charge in [-0.25, -0.2) is 18.1 Å². The van der Waals surface area contributed by atoms with Crippen molar-refractivity contribution in [3.8, 4) is 0 Å². The zero-order valence-corrected chi connectivity index (χ0v) is 14.5. The summed E-state index contributed by atoms with van der Waals surface area (Å²) in [5.41, 5.74) is 0. The molecule has 1 unspecified atom stereocenters. The Morgan fingerprint density at radius 2 is 2.10 bits per heavy atom. The molecule has 0 fully saturated rings. The van der Waals surface area contributed by atoms with Crippen LogP contribution in [0.5, 0.6) is 0 Å². The maximum Gasteiger partial charge on any atom is 0.251 e. The van der Waals surface area contributed by atoms with Crippen molar-refractivity contribution >= 4 is 33.0 Å². The van der Waals surface area contributed by atoms with E-state index in [2.05, 4.69) is 28.5 Å². The number of hydrogen-bond acceptors (Lipinski definition) is 5. The monoisotopic (exact) mass is 339 g/mol. The van der Waals surface area contributed by atoms with Crippen molar-refractivity contribution in [3.05, 3.63) is 10.7 Å². The van der Waals surface area contributed by atoms with Gasteiger partial charge < -0.3 is 4.90 Å². The molecule has 0 saturated carbocycles. The number of hydrogen-bond donors (Lipinski definition) is 1. The lowest BCUT2D eigenvalue weighted by atomic mass is 10.2. The first-order chi connectivity index (χ1) is 9.39. The number of sulfonamides is 1. The van der Waals surface area contributed by atoms with Gasteiger partial charge in [0.1, 0.15) is 0 Å². The Balaban J connectivity index is 2.44. The second-order valence-corrected chi connectivity index (χ2v) is 8.18. The van der Waals surface area contributed by atoms with Crippen molar-refractivity contribution in [1.29, 1.82) is 0 Å². The van der Waals surface area contributed by atoms with Crippen molar-refractivity contribution in [3.63, 3.8) is 0 Å². The molecule has 0 aliphatic rings. The normalized spacial score (nSPS) is 13.8. The standard InChI is InChI=1S/C12H22ClN3O2S2/c1-4-16(5-2)8-6-7-10(3)15-20(17,18)11-9-14-12(13)19-11/h9-10,15H,4-8H2,1-3H3. The van der Waals surface area contributed by atoms with E-state index in [1.54, 1.807) is 0 Å². The molecule has 1 heterocycles. The van der Waals surface area contributed by atoms with Crippen LogP contribution in [0.2, 0.25) is 4.47 Å². The summed E-state index contributed by atoms with van der Waals surface area (Å²) in [6, 6.07) is -0.101. The zero-order valence-electron chi connectivity index (χ0n) is 12.1. The summed E-state index contributed by atoms with van der Waals surface area (Å²) in [6.07, 6.45) is 3.06. The van der Waals surface area contributed by atoms with Crippen LogP contribution in [0.1, 0.15) is 33.6 Å². The van der Waals surface area contributed by atoms with Gasteiger partial charge in [-0.1, -0.05) is 36.8 Å². The summed E-state index contributed by atoms with van der Waals surface area (Å²) in [6.45, 7) is 9.17. The Hall–Kier alpha value is -0.210. The number of nitrogens with zero attached hydrogens (tertiary/aromatic N) is 2. The van der Waals surface area contributed by atoms with Gasteiger partial charge in [-0.3, -0.25) is 0 Å². The van der Waals surface area contributed by atoms with Crippen LogP contribution in [0.15, 0.2) is 10.4 Å². The van der Waals surface area contributed by atoms with E-state index in [4.69, 9.17) is 11.6 Å². The average molecular weight is 340 g/mol. The van der Waals surface area contributed by atoms with Crippen LogP contribution in [-0.4, -0.2) is 44.0 Å². The van der Waals surface area contributed by atoms with Gasteiger partial charge in [0.15, 0.2) is 8.68 Å². The van der Waals surface area contributed by atoms with E-state index in [1.807, 2.05) is 6.92 Å². The van der Waals surface area contributed by atoms with Crippen LogP contribution in [0.25, 0.3) is 0 Å². The molecule has 0 spiro atoms. The fourth-order valence-electron chi connectivity index (χ4n) is 1.91.